The van der Waals surface area contributed by atoms with Gasteiger partial charge in [0.05, 0.1) is 4.90 Å². The molecule has 160 valence electrons. The van der Waals surface area contributed by atoms with Crippen molar-refractivity contribution in [1.82, 2.24) is 15.4 Å². The third kappa shape index (κ3) is 8.89. The molecule has 0 saturated carbocycles. The van der Waals surface area contributed by atoms with Gasteiger partial charge in [-0.1, -0.05) is 12.1 Å². The summed E-state index contributed by atoms with van der Waals surface area (Å²) in [7, 11) is -0.383. The molecule has 0 aliphatic rings. The van der Waals surface area contributed by atoms with E-state index in [1.165, 1.54) is 19.2 Å². The number of rotatable bonds is 9. The summed E-state index contributed by atoms with van der Waals surface area (Å²) in [6, 6.07) is 13.2. The number of nitrogens with one attached hydrogen (secondary N) is 3. The molecule has 0 amide bonds. The molecule has 3 N–H and O–H groups in total. The monoisotopic (exact) mass is 552 g/mol. The van der Waals surface area contributed by atoms with Crippen LogP contribution in [0.2, 0.25) is 0 Å². The van der Waals surface area contributed by atoms with E-state index >= 15 is 0 Å². The van der Waals surface area contributed by atoms with Gasteiger partial charge >= 0.3 is 0 Å². The SMILES string of the molecule is CN=C(NCCCSc1ccc(F)cc1)NCc1cccc(S(=O)(=O)NC)c1.I. The lowest BCUT2D eigenvalue weighted by atomic mass is 10.2. The van der Waals surface area contributed by atoms with Crippen LogP contribution in [0.3, 0.4) is 0 Å². The zero-order chi connectivity index (χ0) is 20.4. The normalized spacial score (nSPS) is 11.6. The van der Waals surface area contributed by atoms with Crippen LogP contribution < -0.4 is 15.4 Å². The van der Waals surface area contributed by atoms with Crippen LogP contribution in [0, 0.1) is 5.82 Å². The molecule has 10 heteroatoms. The Bertz CT molecular complexity index is 893. The molecule has 0 heterocycles. The Hall–Kier alpha value is -1.37. The molecule has 29 heavy (non-hydrogen) atoms. The van der Waals surface area contributed by atoms with Gasteiger partial charge in [0.2, 0.25) is 10.0 Å². The number of benzene rings is 2. The zero-order valence-electron chi connectivity index (χ0n) is 16.3. The molecule has 0 aliphatic carbocycles. The van der Waals surface area contributed by atoms with E-state index < -0.39 is 10.0 Å². The third-order valence-corrected chi connectivity index (χ3v) is 6.37. The van der Waals surface area contributed by atoms with E-state index in [4.69, 9.17) is 0 Å². The van der Waals surface area contributed by atoms with E-state index in [-0.39, 0.29) is 34.7 Å². The van der Waals surface area contributed by atoms with Crippen molar-refractivity contribution < 1.29 is 12.8 Å². The summed E-state index contributed by atoms with van der Waals surface area (Å²) in [4.78, 5) is 5.44. The van der Waals surface area contributed by atoms with E-state index in [1.807, 2.05) is 6.07 Å². The number of thioether (sulfide) groups is 1. The minimum atomic E-state index is -3.46. The van der Waals surface area contributed by atoms with Crippen molar-refractivity contribution in [2.24, 2.45) is 4.99 Å². The topological polar surface area (TPSA) is 82.6 Å². The lowest BCUT2D eigenvalue weighted by Gasteiger charge is -2.12. The number of sulfonamides is 1. The molecule has 0 unspecified atom stereocenters. The molecule has 2 rings (SSSR count). The summed E-state index contributed by atoms with van der Waals surface area (Å²) >= 11 is 1.67. The summed E-state index contributed by atoms with van der Waals surface area (Å²) < 4.78 is 39.0. The highest BCUT2D eigenvalue weighted by Crippen LogP contribution is 2.18. The summed E-state index contributed by atoms with van der Waals surface area (Å²) in [5.74, 6) is 1.32. The van der Waals surface area contributed by atoms with E-state index in [0.717, 1.165) is 29.2 Å². The number of nitrogens with zero attached hydrogens (tertiary/aromatic N) is 1. The molecule has 2 aromatic carbocycles. The maximum absolute atomic E-state index is 12.9. The minimum Gasteiger partial charge on any atom is -0.356 e. The van der Waals surface area contributed by atoms with Crippen LogP contribution in [-0.2, 0) is 16.6 Å². The van der Waals surface area contributed by atoms with Crippen LogP contribution in [0.1, 0.15) is 12.0 Å². The van der Waals surface area contributed by atoms with Crippen molar-refractivity contribution in [2.45, 2.75) is 22.8 Å². The molecule has 2 aromatic rings. The fourth-order valence-corrected chi connectivity index (χ4v) is 4.00. The molecule has 0 spiro atoms. The Morgan fingerprint density at radius 1 is 1.14 bits per heavy atom. The average molecular weight is 552 g/mol. The second kappa shape index (κ2) is 13.0. The standard InChI is InChI=1S/C19H25FN4O2S2.HI/c1-21-19(23-11-4-12-27-17-9-7-16(20)8-10-17)24-14-15-5-3-6-18(13-15)28(25,26)22-2;/h3,5-10,13,22H,4,11-12,14H2,1-2H3,(H2,21,23,24);1H. The largest absolute Gasteiger partial charge is 0.356 e. The average Bonchev–Trinajstić information content (AvgIpc) is 2.71. The number of aliphatic imine (C=N–C) groups is 1. The smallest absolute Gasteiger partial charge is 0.240 e. The number of halogens is 2. The minimum absolute atomic E-state index is 0. The van der Waals surface area contributed by atoms with E-state index in [1.54, 1.807) is 49.1 Å². The maximum atomic E-state index is 12.9. The molecule has 6 nitrogen and oxygen atoms in total. The third-order valence-electron chi connectivity index (χ3n) is 3.86. The zero-order valence-corrected chi connectivity index (χ0v) is 20.3. The van der Waals surface area contributed by atoms with Crippen molar-refractivity contribution in [3.8, 4) is 0 Å². The van der Waals surface area contributed by atoms with Gasteiger partial charge in [-0.15, -0.1) is 35.7 Å². The van der Waals surface area contributed by atoms with Crippen LogP contribution >= 0.6 is 35.7 Å². The van der Waals surface area contributed by atoms with Crippen LogP contribution in [0.4, 0.5) is 4.39 Å². The fourth-order valence-electron chi connectivity index (χ4n) is 2.35. The molecule has 0 aromatic heterocycles. The van der Waals surface area contributed by atoms with Crippen molar-refractivity contribution in [1.29, 1.82) is 0 Å². The van der Waals surface area contributed by atoms with Crippen molar-refractivity contribution in [3.63, 3.8) is 0 Å². The molecule has 0 aliphatic heterocycles. The first-order valence-electron chi connectivity index (χ1n) is 8.80. The highest BCUT2D eigenvalue weighted by atomic mass is 127. The Kier molecular flexibility index (Phi) is 11.5. The summed E-state index contributed by atoms with van der Waals surface area (Å²) in [5, 5.41) is 6.40. The number of hydrogen-bond acceptors (Lipinski definition) is 4. The second-order valence-corrected chi connectivity index (χ2v) is 8.92. The first-order valence-corrected chi connectivity index (χ1v) is 11.3. The molecule has 0 atom stereocenters. The van der Waals surface area contributed by atoms with Crippen LogP contribution in [0.25, 0.3) is 0 Å². The Labute approximate surface area is 193 Å². The molecular formula is C19H26FIN4O2S2. The highest BCUT2D eigenvalue weighted by molar-refractivity contribution is 14.0. The lowest BCUT2D eigenvalue weighted by molar-refractivity contribution is 0.588. The van der Waals surface area contributed by atoms with Crippen LogP contribution in [0.5, 0.6) is 0 Å². The Balaban J connectivity index is 0.00000420. The Morgan fingerprint density at radius 2 is 1.86 bits per heavy atom. The first-order chi connectivity index (χ1) is 13.4. The summed E-state index contributed by atoms with van der Waals surface area (Å²) in [5.41, 5.74) is 0.839. The molecular weight excluding hydrogens is 526 g/mol. The second-order valence-electron chi connectivity index (χ2n) is 5.86. The van der Waals surface area contributed by atoms with Crippen molar-refractivity contribution in [3.05, 3.63) is 59.9 Å². The summed E-state index contributed by atoms with van der Waals surface area (Å²) in [6.07, 6.45) is 0.915. The molecule has 0 saturated heterocycles. The Morgan fingerprint density at radius 3 is 2.52 bits per heavy atom. The van der Waals surface area contributed by atoms with Gasteiger partial charge in [0, 0.05) is 25.0 Å². The molecule has 0 radical (unpaired) electrons. The van der Waals surface area contributed by atoms with Gasteiger partial charge < -0.3 is 10.6 Å². The van der Waals surface area contributed by atoms with Gasteiger partial charge in [0.1, 0.15) is 5.82 Å². The van der Waals surface area contributed by atoms with Gasteiger partial charge in [0.25, 0.3) is 0 Å². The van der Waals surface area contributed by atoms with Crippen molar-refractivity contribution >= 4 is 51.7 Å². The predicted octanol–water partition coefficient (Wildman–Crippen LogP) is 3.20. The first kappa shape index (κ1) is 25.7. The molecule has 0 bridgehead atoms. The summed E-state index contributed by atoms with van der Waals surface area (Å²) in [6.45, 7) is 1.19. The quantitative estimate of drug-likeness (QED) is 0.146. The highest BCUT2D eigenvalue weighted by Gasteiger charge is 2.11. The van der Waals surface area contributed by atoms with Gasteiger partial charge in [0.15, 0.2) is 5.96 Å². The lowest BCUT2D eigenvalue weighted by Crippen LogP contribution is -2.37. The van der Waals surface area contributed by atoms with Crippen molar-refractivity contribution in [2.75, 3.05) is 26.4 Å². The van der Waals surface area contributed by atoms with E-state index in [0.29, 0.717) is 12.5 Å². The van der Waals surface area contributed by atoms with Crippen LogP contribution in [0.15, 0.2) is 63.3 Å². The van der Waals surface area contributed by atoms with E-state index in [2.05, 4.69) is 20.3 Å². The van der Waals surface area contributed by atoms with Crippen LogP contribution in [-0.4, -0.2) is 40.8 Å². The number of guanidine groups is 1. The predicted molar refractivity (Wildman–Crippen MR) is 128 cm³/mol. The van der Waals surface area contributed by atoms with Gasteiger partial charge in [-0.2, -0.15) is 0 Å². The van der Waals surface area contributed by atoms with Gasteiger partial charge in [-0.3, -0.25) is 4.99 Å². The maximum Gasteiger partial charge on any atom is 0.240 e. The number of hydrogen-bond donors (Lipinski definition) is 3. The van der Waals surface area contributed by atoms with E-state index in [9.17, 15) is 12.8 Å². The van der Waals surface area contributed by atoms with Gasteiger partial charge in [-0.25, -0.2) is 17.5 Å². The molecule has 0 fully saturated rings. The fraction of sp³-hybridized carbons (Fsp3) is 0.316. The van der Waals surface area contributed by atoms with Gasteiger partial charge in [-0.05, 0) is 61.2 Å².